The van der Waals surface area contributed by atoms with E-state index < -0.39 is 5.95 Å². The average molecular weight is 154 g/mol. The van der Waals surface area contributed by atoms with E-state index in [0.717, 1.165) is 12.0 Å². The van der Waals surface area contributed by atoms with Gasteiger partial charge in [0, 0.05) is 11.8 Å². The van der Waals surface area contributed by atoms with Gasteiger partial charge in [0.1, 0.15) is 0 Å². The molecule has 0 aromatic carbocycles. The molecule has 2 nitrogen and oxygen atoms in total. The second-order valence-corrected chi connectivity index (χ2v) is 2.49. The molecule has 0 aliphatic carbocycles. The van der Waals surface area contributed by atoms with Gasteiger partial charge in [-0.25, -0.2) is 4.98 Å². The van der Waals surface area contributed by atoms with Crippen LogP contribution in [0.1, 0.15) is 11.1 Å². The number of hydrogen-bond acceptors (Lipinski definition) is 2. The van der Waals surface area contributed by atoms with Crippen molar-refractivity contribution >= 4 is 0 Å². The Bertz CT molecular complexity index is 248. The summed E-state index contributed by atoms with van der Waals surface area (Å²) < 4.78 is 12.6. The number of aryl methyl sites for hydroxylation is 1. The molecule has 0 unspecified atom stereocenters. The highest BCUT2D eigenvalue weighted by Crippen LogP contribution is 2.05. The summed E-state index contributed by atoms with van der Waals surface area (Å²) in [6.07, 6.45) is 2.28. The maximum atomic E-state index is 12.6. The molecule has 60 valence electrons. The molecular formula is C8H11FN2. The van der Waals surface area contributed by atoms with E-state index in [-0.39, 0.29) is 0 Å². The van der Waals surface area contributed by atoms with E-state index in [2.05, 4.69) is 4.98 Å². The van der Waals surface area contributed by atoms with Crippen LogP contribution in [0.2, 0.25) is 0 Å². The molecule has 1 heterocycles. The van der Waals surface area contributed by atoms with Crippen LogP contribution in [0, 0.1) is 12.9 Å². The Hall–Kier alpha value is -0.960. The summed E-state index contributed by atoms with van der Waals surface area (Å²) in [5, 5.41) is 0. The predicted molar refractivity (Wildman–Crippen MR) is 41.7 cm³/mol. The van der Waals surface area contributed by atoms with Gasteiger partial charge in [-0.3, -0.25) is 0 Å². The SMILES string of the molecule is Cc1cc(CCN)cnc1F. The van der Waals surface area contributed by atoms with Gasteiger partial charge in [0.05, 0.1) is 0 Å². The summed E-state index contributed by atoms with van der Waals surface area (Å²) in [6, 6.07) is 1.77. The smallest absolute Gasteiger partial charge is 0.215 e. The molecule has 11 heavy (non-hydrogen) atoms. The van der Waals surface area contributed by atoms with Crippen LogP contribution >= 0.6 is 0 Å². The summed E-state index contributed by atoms with van der Waals surface area (Å²) in [5.74, 6) is -0.397. The Morgan fingerprint density at radius 1 is 1.64 bits per heavy atom. The molecule has 0 saturated carbocycles. The standard InChI is InChI=1S/C8H11FN2/c1-6-4-7(2-3-10)5-11-8(6)9/h4-5H,2-3,10H2,1H3. The first-order valence-electron chi connectivity index (χ1n) is 3.55. The van der Waals surface area contributed by atoms with Gasteiger partial charge >= 0.3 is 0 Å². The van der Waals surface area contributed by atoms with Crippen LogP contribution in [0.3, 0.4) is 0 Å². The quantitative estimate of drug-likeness (QED) is 0.646. The minimum Gasteiger partial charge on any atom is -0.330 e. The van der Waals surface area contributed by atoms with Crippen molar-refractivity contribution in [3.05, 3.63) is 29.3 Å². The van der Waals surface area contributed by atoms with Gasteiger partial charge in [-0.1, -0.05) is 0 Å². The lowest BCUT2D eigenvalue weighted by Crippen LogP contribution is -2.03. The van der Waals surface area contributed by atoms with Crippen molar-refractivity contribution in [3.8, 4) is 0 Å². The minimum absolute atomic E-state index is 0.397. The Labute approximate surface area is 65.3 Å². The van der Waals surface area contributed by atoms with E-state index in [9.17, 15) is 4.39 Å². The maximum Gasteiger partial charge on any atom is 0.215 e. The Morgan fingerprint density at radius 3 is 2.91 bits per heavy atom. The number of aromatic nitrogens is 1. The average Bonchev–Trinajstić information content (AvgIpc) is 1.98. The Balaban J connectivity index is 2.86. The number of pyridine rings is 1. The third-order valence-electron chi connectivity index (χ3n) is 1.50. The number of nitrogens with two attached hydrogens (primary N) is 1. The van der Waals surface area contributed by atoms with Crippen LogP contribution in [0.15, 0.2) is 12.3 Å². The summed E-state index contributed by atoms with van der Waals surface area (Å²) in [7, 11) is 0. The van der Waals surface area contributed by atoms with Crippen LogP contribution in [0.5, 0.6) is 0 Å². The van der Waals surface area contributed by atoms with Gasteiger partial charge in [0.15, 0.2) is 0 Å². The summed E-state index contributed by atoms with van der Waals surface area (Å²) in [5.41, 5.74) is 6.90. The molecule has 0 saturated heterocycles. The van der Waals surface area contributed by atoms with Crippen molar-refractivity contribution in [2.45, 2.75) is 13.3 Å². The highest BCUT2D eigenvalue weighted by Gasteiger charge is 1.98. The van der Waals surface area contributed by atoms with Crippen molar-refractivity contribution in [3.63, 3.8) is 0 Å². The molecule has 0 radical (unpaired) electrons. The fourth-order valence-corrected chi connectivity index (χ4v) is 0.920. The van der Waals surface area contributed by atoms with Crippen molar-refractivity contribution in [1.29, 1.82) is 0 Å². The molecule has 0 aliphatic heterocycles. The van der Waals surface area contributed by atoms with Gasteiger partial charge < -0.3 is 5.73 Å². The third kappa shape index (κ3) is 1.98. The lowest BCUT2D eigenvalue weighted by atomic mass is 10.1. The maximum absolute atomic E-state index is 12.6. The first-order chi connectivity index (χ1) is 5.24. The summed E-state index contributed by atoms with van der Waals surface area (Å²) >= 11 is 0. The van der Waals surface area contributed by atoms with E-state index in [1.165, 1.54) is 6.20 Å². The number of hydrogen-bond donors (Lipinski definition) is 1. The van der Waals surface area contributed by atoms with E-state index in [1.807, 2.05) is 0 Å². The number of rotatable bonds is 2. The normalized spacial score (nSPS) is 10.1. The van der Waals surface area contributed by atoms with Crippen LogP contribution in [-0.4, -0.2) is 11.5 Å². The highest BCUT2D eigenvalue weighted by molar-refractivity contribution is 5.18. The molecule has 2 N–H and O–H groups in total. The van der Waals surface area contributed by atoms with Gasteiger partial charge in [0.2, 0.25) is 5.95 Å². The lowest BCUT2D eigenvalue weighted by Gasteiger charge is -1.99. The van der Waals surface area contributed by atoms with Gasteiger partial charge in [-0.2, -0.15) is 4.39 Å². The second-order valence-electron chi connectivity index (χ2n) is 2.49. The fraction of sp³-hybridized carbons (Fsp3) is 0.375. The zero-order valence-electron chi connectivity index (χ0n) is 6.47. The van der Waals surface area contributed by atoms with Crippen molar-refractivity contribution in [2.75, 3.05) is 6.54 Å². The first-order valence-corrected chi connectivity index (χ1v) is 3.55. The number of nitrogens with zero attached hydrogens (tertiary/aromatic N) is 1. The van der Waals surface area contributed by atoms with E-state index in [4.69, 9.17) is 5.73 Å². The third-order valence-corrected chi connectivity index (χ3v) is 1.50. The largest absolute Gasteiger partial charge is 0.330 e. The molecule has 0 amide bonds. The van der Waals surface area contributed by atoms with Crippen LogP contribution in [-0.2, 0) is 6.42 Å². The molecule has 3 heteroatoms. The minimum atomic E-state index is -0.397. The summed E-state index contributed by atoms with van der Waals surface area (Å²) in [6.45, 7) is 2.27. The predicted octanol–water partition coefficient (Wildman–Crippen LogP) is 1.03. The molecule has 0 aliphatic rings. The van der Waals surface area contributed by atoms with E-state index in [0.29, 0.717) is 12.1 Å². The van der Waals surface area contributed by atoms with E-state index >= 15 is 0 Å². The van der Waals surface area contributed by atoms with Crippen molar-refractivity contribution < 1.29 is 4.39 Å². The molecule has 0 atom stereocenters. The Morgan fingerprint density at radius 2 is 2.36 bits per heavy atom. The molecule has 0 spiro atoms. The molecule has 1 rings (SSSR count). The van der Waals surface area contributed by atoms with Gasteiger partial charge in [-0.05, 0) is 31.5 Å². The first kappa shape index (κ1) is 8.14. The molecule has 1 aromatic rings. The topological polar surface area (TPSA) is 38.9 Å². The van der Waals surface area contributed by atoms with Gasteiger partial charge in [0.25, 0.3) is 0 Å². The highest BCUT2D eigenvalue weighted by atomic mass is 19.1. The Kier molecular flexibility index (Phi) is 2.54. The zero-order valence-corrected chi connectivity index (χ0v) is 6.47. The van der Waals surface area contributed by atoms with Crippen LogP contribution in [0.4, 0.5) is 4.39 Å². The second kappa shape index (κ2) is 3.44. The molecule has 0 bridgehead atoms. The van der Waals surface area contributed by atoms with Crippen molar-refractivity contribution in [1.82, 2.24) is 4.98 Å². The molecular weight excluding hydrogens is 143 g/mol. The van der Waals surface area contributed by atoms with E-state index in [1.54, 1.807) is 13.0 Å². The molecule has 0 fully saturated rings. The summed E-state index contributed by atoms with van der Waals surface area (Å²) in [4.78, 5) is 3.58. The van der Waals surface area contributed by atoms with Crippen LogP contribution < -0.4 is 5.73 Å². The lowest BCUT2D eigenvalue weighted by molar-refractivity contribution is 0.572. The fourth-order valence-electron chi connectivity index (χ4n) is 0.920. The van der Waals surface area contributed by atoms with Gasteiger partial charge in [-0.15, -0.1) is 0 Å². The monoisotopic (exact) mass is 154 g/mol. The van der Waals surface area contributed by atoms with Crippen molar-refractivity contribution in [2.24, 2.45) is 5.73 Å². The van der Waals surface area contributed by atoms with Crippen LogP contribution in [0.25, 0.3) is 0 Å². The molecule has 1 aromatic heterocycles. The zero-order chi connectivity index (χ0) is 8.27. The number of halogens is 1.